The van der Waals surface area contributed by atoms with E-state index in [4.69, 9.17) is 0 Å². The molecule has 0 saturated heterocycles. The van der Waals surface area contributed by atoms with Crippen molar-refractivity contribution in [2.45, 2.75) is 38.6 Å². The summed E-state index contributed by atoms with van der Waals surface area (Å²) in [6.45, 7) is 1.95. The molecule has 5 rings (SSSR count). The molecule has 136 valence electrons. The molecule has 1 N–H and O–H groups in total. The maximum atomic E-state index is 13.6. The van der Waals surface area contributed by atoms with E-state index in [0.717, 1.165) is 31.2 Å². The average molecular weight is 362 g/mol. The largest absolute Gasteiger partial charge is 0.351 e. The van der Waals surface area contributed by atoms with Crippen LogP contribution in [0, 0.1) is 12.7 Å². The number of aryl methyl sites for hydroxylation is 1. The van der Waals surface area contributed by atoms with Crippen molar-refractivity contribution in [2.75, 3.05) is 5.32 Å². The number of nitrogens with zero attached hydrogens (tertiary/aromatic N) is 5. The molecule has 0 aliphatic heterocycles. The predicted octanol–water partition coefficient (Wildman–Crippen LogP) is 3.85. The third-order valence-corrected chi connectivity index (χ3v) is 5.24. The number of hydrogen-bond acceptors (Lipinski definition) is 5. The second-order valence-electron chi connectivity index (χ2n) is 7.14. The van der Waals surface area contributed by atoms with Crippen LogP contribution in [0.3, 0.4) is 0 Å². The van der Waals surface area contributed by atoms with Crippen LogP contribution in [-0.4, -0.2) is 30.6 Å². The van der Waals surface area contributed by atoms with Crippen LogP contribution in [0.5, 0.6) is 0 Å². The van der Waals surface area contributed by atoms with Gasteiger partial charge in [0.15, 0.2) is 11.5 Å². The zero-order chi connectivity index (χ0) is 18.4. The predicted molar refractivity (Wildman–Crippen MR) is 101 cm³/mol. The van der Waals surface area contributed by atoms with E-state index in [1.54, 1.807) is 22.5 Å². The molecule has 2 aliphatic rings. The molecule has 0 spiro atoms. The summed E-state index contributed by atoms with van der Waals surface area (Å²) in [5.74, 6) is 0.663. The highest BCUT2D eigenvalue weighted by atomic mass is 19.1. The molecule has 0 bridgehead atoms. The molecular formula is C20H19FN6. The van der Waals surface area contributed by atoms with E-state index in [1.165, 1.54) is 17.8 Å². The summed E-state index contributed by atoms with van der Waals surface area (Å²) >= 11 is 0. The minimum Gasteiger partial charge on any atom is -0.351 e. The van der Waals surface area contributed by atoms with Gasteiger partial charge < -0.3 is 5.32 Å². The zero-order valence-corrected chi connectivity index (χ0v) is 15.0. The number of fused-ring (bicyclic) bond motifs is 1. The SMILES string of the molecule is Cc1cnn2c(N[C@H]3CCC4=C(C=CC4)C3)nc(-c3cncc(F)c3)nc12. The third kappa shape index (κ3) is 2.89. The van der Waals surface area contributed by atoms with Crippen molar-refractivity contribution in [1.29, 1.82) is 0 Å². The zero-order valence-electron chi connectivity index (χ0n) is 15.0. The van der Waals surface area contributed by atoms with Crippen molar-refractivity contribution >= 4 is 11.6 Å². The van der Waals surface area contributed by atoms with Gasteiger partial charge in [-0.3, -0.25) is 4.98 Å². The first kappa shape index (κ1) is 16.1. The van der Waals surface area contributed by atoms with Gasteiger partial charge in [-0.15, -0.1) is 0 Å². The van der Waals surface area contributed by atoms with Gasteiger partial charge in [-0.1, -0.05) is 17.7 Å². The molecule has 0 fully saturated rings. The molecule has 3 aromatic rings. The number of pyridine rings is 1. The highest BCUT2D eigenvalue weighted by Crippen LogP contribution is 2.34. The van der Waals surface area contributed by atoms with Crippen LogP contribution in [0.25, 0.3) is 17.0 Å². The summed E-state index contributed by atoms with van der Waals surface area (Å²) in [7, 11) is 0. The van der Waals surface area contributed by atoms with Crippen molar-refractivity contribution in [1.82, 2.24) is 24.6 Å². The van der Waals surface area contributed by atoms with E-state index < -0.39 is 5.82 Å². The van der Waals surface area contributed by atoms with Crippen molar-refractivity contribution in [3.05, 3.63) is 59.3 Å². The van der Waals surface area contributed by atoms with Gasteiger partial charge in [0.2, 0.25) is 5.95 Å². The molecule has 3 aromatic heterocycles. The lowest BCUT2D eigenvalue weighted by Gasteiger charge is -2.25. The Labute approximate surface area is 155 Å². The number of halogens is 1. The normalized spacial score (nSPS) is 19.0. The molecular weight excluding hydrogens is 343 g/mol. The van der Waals surface area contributed by atoms with Crippen LogP contribution in [-0.2, 0) is 0 Å². The summed E-state index contributed by atoms with van der Waals surface area (Å²) in [4.78, 5) is 13.1. The topological polar surface area (TPSA) is 68.0 Å². The van der Waals surface area contributed by atoms with Crippen molar-refractivity contribution < 1.29 is 4.39 Å². The van der Waals surface area contributed by atoms with E-state index in [0.29, 0.717) is 23.0 Å². The molecule has 6 nitrogen and oxygen atoms in total. The van der Waals surface area contributed by atoms with Crippen LogP contribution in [0.15, 0.2) is 48.0 Å². The first-order valence-corrected chi connectivity index (χ1v) is 9.14. The molecule has 2 aliphatic carbocycles. The first-order chi connectivity index (χ1) is 13.2. The van der Waals surface area contributed by atoms with Gasteiger partial charge in [0.05, 0.1) is 12.4 Å². The standard InChI is InChI=1S/C20H19FN6/c1-12-9-23-27-19(12)25-18(15-7-16(21)11-22-10-15)26-20(27)24-17-6-5-13-3-2-4-14(13)8-17/h2,4,7,9-11,17H,3,5-6,8H2,1H3,(H,24,25,26)/t17-/m0/s1. The number of allylic oxidation sites excluding steroid dienone is 3. The molecule has 27 heavy (non-hydrogen) atoms. The van der Waals surface area contributed by atoms with E-state index in [-0.39, 0.29) is 6.04 Å². The fourth-order valence-corrected chi connectivity index (χ4v) is 3.83. The molecule has 0 aromatic carbocycles. The summed E-state index contributed by atoms with van der Waals surface area (Å²) in [6.07, 6.45) is 13.2. The lowest BCUT2D eigenvalue weighted by Crippen LogP contribution is -2.25. The van der Waals surface area contributed by atoms with Gasteiger partial charge in [-0.25, -0.2) is 9.37 Å². The molecule has 3 heterocycles. The van der Waals surface area contributed by atoms with E-state index in [2.05, 4.69) is 37.5 Å². The van der Waals surface area contributed by atoms with Crippen molar-refractivity contribution in [3.63, 3.8) is 0 Å². The van der Waals surface area contributed by atoms with Crippen LogP contribution < -0.4 is 5.32 Å². The third-order valence-electron chi connectivity index (χ3n) is 5.24. The van der Waals surface area contributed by atoms with Gasteiger partial charge in [0.25, 0.3) is 0 Å². The summed E-state index contributed by atoms with van der Waals surface area (Å²) in [5.41, 5.74) is 5.20. The number of aromatic nitrogens is 5. The minimum absolute atomic E-state index is 0.285. The van der Waals surface area contributed by atoms with Gasteiger partial charge >= 0.3 is 0 Å². The highest BCUT2D eigenvalue weighted by Gasteiger charge is 2.23. The Morgan fingerprint density at radius 1 is 1.22 bits per heavy atom. The molecule has 0 radical (unpaired) electrons. The maximum absolute atomic E-state index is 13.6. The fourth-order valence-electron chi connectivity index (χ4n) is 3.83. The van der Waals surface area contributed by atoms with Crippen LogP contribution in [0.1, 0.15) is 31.2 Å². The molecule has 0 amide bonds. The van der Waals surface area contributed by atoms with Crippen LogP contribution >= 0.6 is 0 Å². The highest BCUT2D eigenvalue weighted by molar-refractivity contribution is 5.61. The number of nitrogens with one attached hydrogen (secondary N) is 1. The molecule has 7 heteroatoms. The quantitative estimate of drug-likeness (QED) is 0.766. The van der Waals surface area contributed by atoms with Gasteiger partial charge in [0.1, 0.15) is 5.82 Å². The maximum Gasteiger partial charge on any atom is 0.228 e. The second-order valence-corrected chi connectivity index (χ2v) is 7.14. The average Bonchev–Trinajstić information content (AvgIpc) is 3.28. The Bertz CT molecular complexity index is 1100. The Balaban J connectivity index is 1.54. The summed E-state index contributed by atoms with van der Waals surface area (Å²) in [6, 6.07) is 1.68. The minimum atomic E-state index is -0.407. The number of hydrogen-bond donors (Lipinski definition) is 1. The van der Waals surface area contributed by atoms with Crippen molar-refractivity contribution in [3.8, 4) is 11.4 Å². The van der Waals surface area contributed by atoms with Crippen LogP contribution in [0.2, 0.25) is 0 Å². The van der Waals surface area contributed by atoms with Gasteiger partial charge in [-0.05, 0) is 44.2 Å². The lowest BCUT2D eigenvalue weighted by molar-refractivity contribution is 0.601. The Morgan fingerprint density at radius 3 is 3.04 bits per heavy atom. The van der Waals surface area contributed by atoms with Gasteiger partial charge in [-0.2, -0.15) is 14.6 Å². The first-order valence-electron chi connectivity index (χ1n) is 9.14. The lowest BCUT2D eigenvalue weighted by atomic mass is 9.90. The number of anilines is 1. The summed E-state index contributed by atoms with van der Waals surface area (Å²) in [5, 5.41) is 7.96. The molecule has 0 saturated carbocycles. The monoisotopic (exact) mass is 362 g/mol. The Kier molecular flexibility index (Phi) is 3.74. The van der Waals surface area contributed by atoms with Crippen LogP contribution in [0.4, 0.5) is 10.3 Å². The Hall–Kier alpha value is -3.09. The second kappa shape index (κ2) is 6.26. The number of rotatable bonds is 3. The van der Waals surface area contributed by atoms with Gasteiger partial charge in [0, 0.05) is 23.4 Å². The van der Waals surface area contributed by atoms with E-state index >= 15 is 0 Å². The molecule has 0 unspecified atom stereocenters. The summed E-state index contributed by atoms with van der Waals surface area (Å²) < 4.78 is 15.3. The molecule has 1 atom stereocenters. The van der Waals surface area contributed by atoms with E-state index in [9.17, 15) is 4.39 Å². The Morgan fingerprint density at radius 2 is 2.15 bits per heavy atom. The smallest absolute Gasteiger partial charge is 0.228 e. The van der Waals surface area contributed by atoms with E-state index in [1.807, 2.05) is 6.92 Å². The van der Waals surface area contributed by atoms with Crippen molar-refractivity contribution in [2.24, 2.45) is 0 Å². The fraction of sp³-hybridized carbons (Fsp3) is 0.300.